The molecule has 4 nitrogen and oxygen atoms in total. The summed E-state index contributed by atoms with van der Waals surface area (Å²) >= 11 is 0. The van der Waals surface area contributed by atoms with Crippen LogP contribution in [0.5, 0.6) is 5.75 Å². The van der Waals surface area contributed by atoms with Crippen LogP contribution in [-0.2, 0) is 14.4 Å². The van der Waals surface area contributed by atoms with Gasteiger partial charge in [-0.25, -0.2) is 13.0 Å². The normalized spacial score (nSPS) is 11.5. The highest BCUT2D eigenvalue weighted by Crippen LogP contribution is 2.18. The summed E-state index contributed by atoms with van der Waals surface area (Å²) in [7, 11) is -3.63. The molecule has 0 aliphatic rings. The van der Waals surface area contributed by atoms with Gasteiger partial charge in [-0.1, -0.05) is 0 Å². The van der Waals surface area contributed by atoms with Crippen molar-refractivity contribution in [2.24, 2.45) is 0 Å². The minimum Gasteiger partial charge on any atom is -0.408 e. The van der Waals surface area contributed by atoms with Gasteiger partial charge in [0.1, 0.15) is 5.75 Å². The van der Waals surface area contributed by atoms with E-state index < -0.39 is 18.5 Å². The number of hydrogen-bond acceptors (Lipinski definition) is 4. The van der Waals surface area contributed by atoms with E-state index in [1.165, 1.54) is 24.3 Å². The maximum atomic E-state index is 11.0. The molecule has 0 aliphatic carbocycles. The molecule has 0 heterocycles. The zero-order valence-electron chi connectivity index (χ0n) is 6.80. The van der Waals surface area contributed by atoms with Gasteiger partial charge in [0.2, 0.25) is 0 Å². The molecule has 0 saturated carbocycles. The van der Waals surface area contributed by atoms with Crippen molar-refractivity contribution >= 4 is 18.5 Å². The molecule has 0 aromatic heterocycles. The first kappa shape index (κ1) is 10.2. The van der Waals surface area contributed by atoms with Crippen molar-refractivity contribution < 1.29 is 17.5 Å². The van der Waals surface area contributed by atoms with Crippen LogP contribution in [0.25, 0.3) is 0 Å². The van der Waals surface area contributed by atoms with E-state index in [1.807, 2.05) is 0 Å². The van der Waals surface area contributed by atoms with Gasteiger partial charge >= 0.3 is 8.69 Å². The van der Waals surface area contributed by atoms with Crippen LogP contribution in [0.3, 0.4) is 0 Å². The molecular weight excluding hydrogens is 211 g/mol. The zero-order valence-corrected chi connectivity index (χ0v) is 8.51. The Morgan fingerprint density at radius 1 is 1.23 bits per heavy atom. The van der Waals surface area contributed by atoms with Gasteiger partial charge in [-0.2, -0.15) is 0 Å². The predicted molar refractivity (Wildman–Crippen MR) is 47.8 cm³/mol. The maximum absolute atomic E-state index is 11.0. The van der Waals surface area contributed by atoms with Gasteiger partial charge in [0.25, 0.3) is 0 Å². The lowest BCUT2D eigenvalue weighted by molar-refractivity contribution is 0.525. The second kappa shape index (κ2) is 3.85. The third-order valence-electron chi connectivity index (χ3n) is 1.39. The first-order valence-electron chi connectivity index (χ1n) is 3.34. The van der Waals surface area contributed by atoms with Crippen LogP contribution in [-0.4, -0.2) is 14.7 Å². The summed E-state index contributed by atoms with van der Waals surface area (Å²) in [5.41, 5.74) is 0. The quantitative estimate of drug-likeness (QED) is 0.724. The third kappa shape index (κ3) is 2.79. The molecule has 1 rings (SSSR count). The zero-order chi connectivity index (χ0) is 9.90. The fourth-order valence-electron chi connectivity index (χ4n) is 0.791. The summed E-state index contributed by atoms with van der Waals surface area (Å²) in [6.45, 7) is 0. The molecule has 0 N–H and O–H groups in total. The molecule has 6 heteroatoms. The van der Waals surface area contributed by atoms with Gasteiger partial charge in [0.05, 0.1) is 4.90 Å². The van der Waals surface area contributed by atoms with Gasteiger partial charge in [0.15, 0.2) is 9.84 Å². The summed E-state index contributed by atoms with van der Waals surface area (Å²) in [4.78, 5) is 0.211. The fourth-order valence-corrected chi connectivity index (χ4v) is 1.63. The van der Waals surface area contributed by atoms with Crippen molar-refractivity contribution in [1.29, 1.82) is 0 Å². The Hall–Kier alpha value is -0.930. The van der Waals surface area contributed by atoms with E-state index in [0.717, 1.165) is 6.26 Å². The Bertz CT molecular complexity index is 395. The number of rotatable bonds is 3. The second-order valence-electron chi connectivity index (χ2n) is 2.41. The molecule has 0 bridgehead atoms. The summed E-state index contributed by atoms with van der Waals surface area (Å²) < 4.78 is 36.6. The average molecular weight is 218 g/mol. The summed E-state index contributed by atoms with van der Waals surface area (Å²) in [5, 5.41) is 0. The van der Waals surface area contributed by atoms with E-state index in [1.54, 1.807) is 0 Å². The Labute approximate surface area is 77.7 Å². The lowest BCUT2D eigenvalue weighted by atomic mass is 10.3. The van der Waals surface area contributed by atoms with Crippen LogP contribution in [0.2, 0.25) is 0 Å². The molecule has 0 fully saturated rings. The van der Waals surface area contributed by atoms with Gasteiger partial charge in [-0.15, -0.1) is 0 Å². The van der Waals surface area contributed by atoms with E-state index >= 15 is 0 Å². The summed E-state index contributed by atoms with van der Waals surface area (Å²) in [5.74, 6) is 0.365. The molecule has 1 aromatic rings. The van der Waals surface area contributed by atoms with E-state index in [2.05, 4.69) is 4.52 Å². The van der Waals surface area contributed by atoms with Crippen molar-refractivity contribution in [3.63, 3.8) is 0 Å². The number of benzene rings is 1. The van der Waals surface area contributed by atoms with Crippen LogP contribution in [0.4, 0.5) is 0 Å². The van der Waals surface area contributed by atoms with Gasteiger partial charge in [0, 0.05) is 6.26 Å². The second-order valence-corrected chi connectivity index (χ2v) is 4.76. The van der Waals surface area contributed by atoms with Crippen LogP contribution in [0, 0.1) is 0 Å². The van der Waals surface area contributed by atoms with E-state index in [-0.39, 0.29) is 4.90 Å². The Morgan fingerprint density at radius 2 is 1.77 bits per heavy atom. The van der Waals surface area contributed by atoms with Gasteiger partial charge in [-0.05, 0) is 24.3 Å². The SMILES string of the molecule is CS(=O)(=O)c1ccc(OP=O)cc1. The lowest BCUT2D eigenvalue weighted by Gasteiger charge is -1.98. The van der Waals surface area contributed by atoms with E-state index in [4.69, 9.17) is 0 Å². The van der Waals surface area contributed by atoms with Gasteiger partial charge in [-0.3, -0.25) is 0 Å². The molecule has 0 spiro atoms. The monoisotopic (exact) mass is 218 g/mol. The fraction of sp³-hybridized carbons (Fsp3) is 0.143. The van der Waals surface area contributed by atoms with E-state index in [0.29, 0.717) is 5.75 Å². The molecular formula is C7H7O4PS. The smallest absolute Gasteiger partial charge is 0.395 e. The molecule has 0 saturated heterocycles. The highest BCUT2D eigenvalue weighted by atomic mass is 32.2. The summed E-state index contributed by atoms with van der Waals surface area (Å²) in [6, 6.07) is 5.69. The Kier molecular flexibility index (Phi) is 3.01. The maximum Gasteiger partial charge on any atom is 0.395 e. The predicted octanol–water partition coefficient (Wildman–Crippen LogP) is 1.68. The summed E-state index contributed by atoms with van der Waals surface area (Å²) in [6.07, 6.45) is 1.12. The standard InChI is InChI=1S/C7H7O4PS/c1-13(9,10)7-4-2-6(3-5-7)11-12-8/h2-5H,1H3. The highest BCUT2D eigenvalue weighted by molar-refractivity contribution is 7.90. The van der Waals surface area contributed by atoms with Crippen LogP contribution in [0.15, 0.2) is 29.2 Å². The molecule has 0 radical (unpaired) electrons. The van der Waals surface area contributed by atoms with E-state index in [9.17, 15) is 13.0 Å². The molecule has 0 unspecified atom stereocenters. The molecule has 0 amide bonds. The van der Waals surface area contributed by atoms with Crippen molar-refractivity contribution in [3.05, 3.63) is 24.3 Å². The van der Waals surface area contributed by atoms with Gasteiger partial charge < -0.3 is 4.52 Å². The molecule has 0 aliphatic heterocycles. The molecule has 70 valence electrons. The third-order valence-corrected chi connectivity index (χ3v) is 2.81. The molecule has 13 heavy (non-hydrogen) atoms. The van der Waals surface area contributed by atoms with Crippen molar-refractivity contribution in [1.82, 2.24) is 0 Å². The first-order valence-corrected chi connectivity index (χ1v) is 5.96. The lowest BCUT2D eigenvalue weighted by Crippen LogP contribution is -1.95. The van der Waals surface area contributed by atoms with Crippen LogP contribution in [0.1, 0.15) is 0 Å². The number of hydrogen-bond donors (Lipinski definition) is 0. The first-order chi connectivity index (χ1) is 6.04. The minimum absolute atomic E-state index is 0.211. The Morgan fingerprint density at radius 3 is 2.15 bits per heavy atom. The Balaban J connectivity index is 3.01. The average Bonchev–Trinajstić information content (AvgIpc) is 2.04. The minimum atomic E-state index is -3.17. The number of sulfone groups is 1. The van der Waals surface area contributed by atoms with Crippen LogP contribution < -0.4 is 4.52 Å². The molecule has 0 atom stereocenters. The van der Waals surface area contributed by atoms with Crippen molar-refractivity contribution in [3.8, 4) is 5.75 Å². The highest BCUT2D eigenvalue weighted by Gasteiger charge is 2.05. The topological polar surface area (TPSA) is 60.4 Å². The van der Waals surface area contributed by atoms with Crippen LogP contribution >= 0.6 is 8.69 Å². The largest absolute Gasteiger partial charge is 0.408 e. The van der Waals surface area contributed by atoms with Crippen molar-refractivity contribution in [2.45, 2.75) is 4.90 Å². The van der Waals surface area contributed by atoms with Crippen molar-refractivity contribution in [2.75, 3.05) is 6.26 Å². The molecule has 1 aromatic carbocycles.